The molecule has 6 heteroatoms. The van der Waals surface area contributed by atoms with E-state index in [1.807, 2.05) is 37.3 Å². The van der Waals surface area contributed by atoms with Crippen molar-refractivity contribution in [2.45, 2.75) is 11.8 Å². The van der Waals surface area contributed by atoms with Crippen LogP contribution in [0.25, 0.3) is 0 Å². The smallest absolute Gasteiger partial charge is 0.249 e. The highest BCUT2D eigenvalue weighted by atomic mass is 32.2. The predicted octanol–water partition coefficient (Wildman–Crippen LogP) is 3.19. The number of hydrogen-bond acceptors (Lipinski definition) is 3. The first-order chi connectivity index (χ1) is 9.49. The van der Waals surface area contributed by atoms with Crippen molar-refractivity contribution in [3.8, 4) is 0 Å². The number of rotatable bonds is 4. The van der Waals surface area contributed by atoms with E-state index in [9.17, 15) is 8.42 Å². The topological polar surface area (TPSA) is 62.1 Å². The van der Waals surface area contributed by atoms with E-state index in [1.165, 1.54) is 17.1 Å². The van der Waals surface area contributed by atoms with E-state index in [4.69, 9.17) is 0 Å². The summed E-state index contributed by atoms with van der Waals surface area (Å²) in [5.74, 6) is 0. The predicted molar refractivity (Wildman–Crippen MR) is 78.1 cm³/mol. The quantitative estimate of drug-likeness (QED) is 0.641. The van der Waals surface area contributed by atoms with Gasteiger partial charge in [0.2, 0.25) is 0 Å². The lowest BCUT2D eigenvalue weighted by Crippen LogP contribution is -2.08. The Labute approximate surface area is 118 Å². The van der Waals surface area contributed by atoms with Crippen LogP contribution in [0, 0.1) is 6.92 Å². The zero-order valence-corrected chi connectivity index (χ0v) is 12.1. The van der Waals surface area contributed by atoms with Gasteiger partial charge in [-0.1, -0.05) is 41.1 Å². The van der Waals surface area contributed by atoms with Crippen molar-refractivity contribution in [1.82, 2.24) is 0 Å². The molecule has 0 bridgehead atoms. The molecule has 0 fully saturated rings. The average molecular weight is 289 g/mol. The van der Waals surface area contributed by atoms with Gasteiger partial charge in [-0.2, -0.15) is 8.42 Å². The van der Waals surface area contributed by atoms with E-state index in [0.717, 1.165) is 11.3 Å². The highest BCUT2D eigenvalue weighted by molar-refractivity contribution is 7.90. The maximum absolute atomic E-state index is 12.0. The van der Waals surface area contributed by atoms with Crippen LogP contribution in [0.2, 0.25) is 0 Å². The Bertz CT molecular complexity index is 695. The van der Waals surface area contributed by atoms with Crippen molar-refractivity contribution in [3.63, 3.8) is 0 Å². The first kappa shape index (κ1) is 14.2. The minimum Gasteiger partial charge on any atom is -0.249 e. The van der Waals surface area contributed by atoms with Gasteiger partial charge in [0.25, 0.3) is 0 Å². The number of para-hydroxylation sites is 1. The molecule has 2 aromatic carbocycles. The first-order valence-electron chi connectivity index (χ1n) is 6.02. The van der Waals surface area contributed by atoms with E-state index in [-0.39, 0.29) is 4.90 Å². The molecule has 0 aliphatic carbocycles. The summed E-state index contributed by atoms with van der Waals surface area (Å²) >= 11 is 0. The second kappa shape index (κ2) is 5.83. The summed E-state index contributed by atoms with van der Waals surface area (Å²) in [5, 5.41) is 5.14. The van der Waals surface area contributed by atoms with Gasteiger partial charge in [0.05, 0.1) is 10.6 Å². The molecule has 0 saturated heterocycles. The van der Waals surface area contributed by atoms with Gasteiger partial charge in [0.15, 0.2) is 0 Å². The first-order valence-corrected chi connectivity index (χ1v) is 7.46. The Balaban J connectivity index is 2.20. The maximum atomic E-state index is 12.0. The fourth-order valence-electron chi connectivity index (χ4n) is 1.56. The van der Waals surface area contributed by atoms with Gasteiger partial charge in [-0.15, -0.1) is 0 Å². The van der Waals surface area contributed by atoms with Gasteiger partial charge in [-0.05, 0) is 35.7 Å². The average Bonchev–Trinajstić information content (AvgIpc) is 2.46. The summed E-state index contributed by atoms with van der Waals surface area (Å²) in [6.45, 7) is 1.89. The zero-order chi connectivity index (χ0) is 14.6. The lowest BCUT2D eigenvalue weighted by atomic mass is 10.2. The second-order valence-corrected chi connectivity index (χ2v) is 5.90. The zero-order valence-electron chi connectivity index (χ0n) is 11.3. The van der Waals surface area contributed by atoms with Crippen LogP contribution >= 0.6 is 0 Å². The number of anilines is 1. The third-order valence-electron chi connectivity index (χ3n) is 2.73. The Hall–Kier alpha value is -2.21. The van der Waals surface area contributed by atoms with Crippen LogP contribution in [0.15, 0.2) is 69.2 Å². The molecule has 0 aliphatic heterocycles. The molecule has 0 N–H and O–H groups in total. The van der Waals surface area contributed by atoms with Crippen LogP contribution in [-0.2, 0) is 10.0 Å². The van der Waals surface area contributed by atoms with Crippen LogP contribution in [0.3, 0.4) is 0 Å². The van der Waals surface area contributed by atoms with Gasteiger partial charge >= 0.3 is 10.0 Å². The molecular formula is C14H15N3O2S. The van der Waals surface area contributed by atoms with Crippen molar-refractivity contribution < 1.29 is 8.42 Å². The van der Waals surface area contributed by atoms with Gasteiger partial charge in [0.1, 0.15) is 0 Å². The third-order valence-corrected chi connectivity index (χ3v) is 3.88. The maximum Gasteiger partial charge on any atom is 0.301 e. The molecule has 0 amide bonds. The standard InChI is InChI=1S/C14H15N3O2S/c1-12-8-10-14(11-9-12)20(18,19)16-15-17(2)13-6-4-3-5-7-13/h3-11H,1-2H3. The van der Waals surface area contributed by atoms with Crippen molar-refractivity contribution in [2.24, 2.45) is 9.74 Å². The molecule has 0 spiro atoms. The van der Waals surface area contributed by atoms with Crippen LogP contribution < -0.4 is 5.01 Å². The molecular weight excluding hydrogens is 274 g/mol. The van der Waals surface area contributed by atoms with E-state index >= 15 is 0 Å². The molecule has 0 atom stereocenters. The largest absolute Gasteiger partial charge is 0.301 e. The lowest BCUT2D eigenvalue weighted by molar-refractivity contribution is 0.594. The summed E-state index contributed by atoms with van der Waals surface area (Å²) in [7, 11) is -2.12. The number of sulfonamides is 1. The summed E-state index contributed by atoms with van der Waals surface area (Å²) in [5.41, 5.74) is 1.75. The monoisotopic (exact) mass is 289 g/mol. The van der Waals surface area contributed by atoms with Crippen molar-refractivity contribution in [3.05, 3.63) is 60.2 Å². The molecule has 104 valence electrons. The molecule has 2 aromatic rings. The van der Waals surface area contributed by atoms with Gasteiger partial charge in [-0.25, -0.2) is 5.01 Å². The normalized spacial score (nSPS) is 11.7. The van der Waals surface area contributed by atoms with Crippen molar-refractivity contribution >= 4 is 15.7 Å². The molecule has 20 heavy (non-hydrogen) atoms. The van der Waals surface area contributed by atoms with Crippen LogP contribution in [0.1, 0.15) is 5.56 Å². The lowest BCUT2D eigenvalue weighted by Gasteiger charge is -2.10. The molecule has 5 nitrogen and oxygen atoms in total. The summed E-state index contributed by atoms with van der Waals surface area (Å²) < 4.78 is 27.4. The Kier molecular flexibility index (Phi) is 4.14. The molecule has 0 aliphatic rings. The molecule has 0 unspecified atom stereocenters. The molecule has 0 aromatic heterocycles. The van der Waals surface area contributed by atoms with Crippen molar-refractivity contribution in [1.29, 1.82) is 0 Å². The minimum absolute atomic E-state index is 0.133. The molecule has 2 rings (SSSR count). The van der Waals surface area contributed by atoms with E-state index in [2.05, 4.69) is 9.74 Å². The highest BCUT2D eigenvalue weighted by Crippen LogP contribution is 2.16. The molecule has 0 heterocycles. The number of benzene rings is 2. The highest BCUT2D eigenvalue weighted by Gasteiger charge is 2.12. The fraction of sp³-hybridized carbons (Fsp3) is 0.143. The third kappa shape index (κ3) is 3.42. The molecule has 0 saturated carbocycles. The van der Waals surface area contributed by atoms with Gasteiger partial charge < -0.3 is 0 Å². The Morgan fingerprint density at radius 2 is 1.55 bits per heavy atom. The number of nitrogens with zero attached hydrogens (tertiary/aromatic N) is 3. The van der Waals surface area contributed by atoms with E-state index in [0.29, 0.717) is 0 Å². The van der Waals surface area contributed by atoms with E-state index in [1.54, 1.807) is 19.2 Å². The van der Waals surface area contributed by atoms with Crippen LogP contribution in [0.4, 0.5) is 5.69 Å². The summed E-state index contributed by atoms with van der Waals surface area (Å²) in [4.78, 5) is 0.133. The summed E-state index contributed by atoms with van der Waals surface area (Å²) in [6.07, 6.45) is 0. The second-order valence-electron chi connectivity index (χ2n) is 4.32. The minimum atomic E-state index is -3.76. The van der Waals surface area contributed by atoms with Gasteiger partial charge in [0, 0.05) is 7.05 Å². The SMILES string of the molecule is Cc1ccc(S(=O)(=O)N=NN(C)c2ccccc2)cc1. The Morgan fingerprint density at radius 1 is 0.950 bits per heavy atom. The van der Waals surface area contributed by atoms with E-state index < -0.39 is 10.0 Å². The van der Waals surface area contributed by atoms with Crippen LogP contribution in [0.5, 0.6) is 0 Å². The fourth-order valence-corrected chi connectivity index (χ4v) is 2.34. The summed E-state index contributed by atoms with van der Waals surface area (Å²) in [6, 6.07) is 15.7. The van der Waals surface area contributed by atoms with Gasteiger partial charge in [-0.3, -0.25) is 0 Å². The van der Waals surface area contributed by atoms with Crippen LogP contribution in [-0.4, -0.2) is 15.5 Å². The number of aryl methyl sites for hydroxylation is 1. The molecule has 0 radical (unpaired) electrons. The Morgan fingerprint density at radius 3 is 2.15 bits per heavy atom. The van der Waals surface area contributed by atoms with Crippen molar-refractivity contribution in [2.75, 3.05) is 12.1 Å². The number of hydrogen-bond donors (Lipinski definition) is 0.